The van der Waals surface area contributed by atoms with Gasteiger partial charge in [-0.1, -0.05) is 24.3 Å². The lowest BCUT2D eigenvalue weighted by Crippen LogP contribution is -2.02. The second kappa shape index (κ2) is 6.91. The van der Waals surface area contributed by atoms with Gasteiger partial charge in [-0.15, -0.1) is 10.2 Å². The maximum Gasteiger partial charge on any atom is 0.311 e. The number of aromatic hydroxyl groups is 1. The van der Waals surface area contributed by atoms with Crippen molar-refractivity contribution in [1.82, 2.24) is 19.7 Å². The summed E-state index contributed by atoms with van der Waals surface area (Å²) in [5, 5.41) is 34.0. The Balaban J connectivity index is 1.66. The van der Waals surface area contributed by atoms with Crippen LogP contribution in [0.1, 0.15) is 12.5 Å². The van der Waals surface area contributed by atoms with E-state index in [2.05, 4.69) is 25.7 Å². The number of nitro groups is 1. The highest BCUT2D eigenvalue weighted by Crippen LogP contribution is 2.28. The van der Waals surface area contributed by atoms with Crippen LogP contribution in [0.2, 0.25) is 0 Å². The first-order chi connectivity index (χ1) is 13.6. The number of nitrogens with zero attached hydrogens (tertiary/aromatic N) is 6. The molecule has 0 amide bonds. The summed E-state index contributed by atoms with van der Waals surface area (Å²) in [6.07, 6.45) is 1.26. The van der Waals surface area contributed by atoms with Gasteiger partial charge in [-0.05, 0) is 19.1 Å². The molecule has 2 aromatic carbocycles. The van der Waals surface area contributed by atoms with Gasteiger partial charge in [0, 0.05) is 23.6 Å². The summed E-state index contributed by atoms with van der Waals surface area (Å²) in [5.74, 6) is -0.287. The van der Waals surface area contributed by atoms with Crippen molar-refractivity contribution in [3.05, 3.63) is 58.1 Å². The largest absolute Gasteiger partial charge is 0.502 e. The molecule has 10 heteroatoms. The molecule has 0 saturated carbocycles. The summed E-state index contributed by atoms with van der Waals surface area (Å²) in [6, 6.07) is 12.0. The quantitative estimate of drug-likeness (QED) is 0.310. The normalized spacial score (nSPS) is 11.5. The van der Waals surface area contributed by atoms with Crippen LogP contribution in [-0.4, -0.2) is 36.0 Å². The summed E-state index contributed by atoms with van der Waals surface area (Å²) in [7, 11) is 0. The van der Waals surface area contributed by atoms with E-state index in [1.807, 2.05) is 35.8 Å². The molecule has 4 rings (SSSR count). The number of para-hydroxylation sites is 2. The fraction of sp³-hybridized carbons (Fsp3) is 0.111. The number of hydrazone groups is 1. The number of anilines is 1. The lowest BCUT2D eigenvalue weighted by atomic mass is 10.2. The zero-order valence-corrected chi connectivity index (χ0v) is 14.8. The van der Waals surface area contributed by atoms with E-state index < -0.39 is 16.4 Å². The van der Waals surface area contributed by atoms with E-state index in [0.717, 1.165) is 10.9 Å². The average molecular weight is 377 g/mol. The second-order valence-corrected chi connectivity index (χ2v) is 5.91. The highest BCUT2D eigenvalue weighted by molar-refractivity contribution is 6.04. The van der Waals surface area contributed by atoms with Crippen LogP contribution in [0.3, 0.4) is 0 Å². The molecule has 0 aliphatic heterocycles. The van der Waals surface area contributed by atoms with E-state index in [1.165, 1.54) is 24.4 Å². The summed E-state index contributed by atoms with van der Waals surface area (Å²) < 4.78 is 2.03. The van der Waals surface area contributed by atoms with Gasteiger partial charge in [-0.25, -0.2) is 5.43 Å². The van der Waals surface area contributed by atoms with Crippen molar-refractivity contribution < 1.29 is 10.0 Å². The number of fused-ring (bicyclic) bond motifs is 3. The summed E-state index contributed by atoms with van der Waals surface area (Å²) >= 11 is 0. The molecule has 0 unspecified atom stereocenters. The van der Waals surface area contributed by atoms with E-state index in [1.54, 1.807) is 0 Å². The topological polar surface area (TPSA) is 131 Å². The van der Waals surface area contributed by atoms with Crippen LogP contribution in [0, 0.1) is 10.1 Å². The SMILES string of the molecule is CCn1c2ccccc2c2nnc(NN=Cc3cccc([N+](=O)[O-])c3O)nc21. The highest BCUT2D eigenvalue weighted by Gasteiger charge is 2.15. The van der Waals surface area contributed by atoms with Crippen molar-refractivity contribution in [2.24, 2.45) is 5.10 Å². The van der Waals surface area contributed by atoms with Crippen LogP contribution < -0.4 is 5.43 Å². The lowest BCUT2D eigenvalue weighted by molar-refractivity contribution is -0.385. The van der Waals surface area contributed by atoms with Crippen LogP contribution in [0.4, 0.5) is 11.6 Å². The first-order valence-electron chi connectivity index (χ1n) is 8.47. The first-order valence-corrected chi connectivity index (χ1v) is 8.47. The molecule has 0 fully saturated rings. The van der Waals surface area contributed by atoms with Gasteiger partial charge in [0.05, 0.1) is 16.7 Å². The van der Waals surface area contributed by atoms with Crippen LogP contribution in [0.15, 0.2) is 47.6 Å². The van der Waals surface area contributed by atoms with Crippen molar-refractivity contribution in [3.63, 3.8) is 0 Å². The Kier molecular flexibility index (Phi) is 4.28. The predicted molar refractivity (Wildman–Crippen MR) is 104 cm³/mol. The summed E-state index contributed by atoms with van der Waals surface area (Å²) in [5.41, 5.74) is 4.84. The number of phenols is 1. The van der Waals surface area contributed by atoms with Crippen molar-refractivity contribution in [2.45, 2.75) is 13.5 Å². The summed E-state index contributed by atoms with van der Waals surface area (Å²) in [4.78, 5) is 14.7. The van der Waals surface area contributed by atoms with Crippen molar-refractivity contribution >= 4 is 39.9 Å². The minimum absolute atomic E-state index is 0.172. The third-order valence-electron chi connectivity index (χ3n) is 4.30. The minimum atomic E-state index is -0.662. The third kappa shape index (κ3) is 2.86. The number of hydrogen-bond acceptors (Lipinski definition) is 8. The zero-order valence-electron chi connectivity index (χ0n) is 14.8. The van der Waals surface area contributed by atoms with Gasteiger partial charge in [0.2, 0.25) is 5.75 Å². The second-order valence-electron chi connectivity index (χ2n) is 5.91. The molecule has 0 spiro atoms. The Hall–Kier alpha value is -4.08. The fourth-order valence-electron chi connectivity index (χ4n) is 3.03. The Labute approximate surface area is 158 Å². The first kappa shape index (κ1) is 17.3. The molecule has 2 heterocycles. The molecule has 140 valence electrons. The number of rotatable bonds is 5. The predicted octanol–water partition coefficient (Wildman–Crippen LogP) is 3.06. The van der Waals surface area contributed by atoms with Crippen molar-refractivity contribution in [1.29, 1.82) is 0 Å². The molecule has 0 aliphatic rings. The molecule has 0 saturated heterocycles. The third-order valence-corrected chi connectivity index (χ3v) is 4.30. The van der Waals surface area contributed by atoms with Crippen LogP contribution in [-0.2, 0) is 6.54 Å². The Morgan fingerprint density at radius 3 is 2.86 bits per heavy atom. The van der Waals surface area contributed by atoms with E-state index in [-0.39, 0.29) is 11.5 Å². The molecule has 0 radical (unpaired) electrons. The van der Waals surface area contributed by atoms with Gasteiger partial charge in [-0.2, -0.15) is 10.1 Å². The van der Waals surface area contributed by atoms with Gasteiger partial charge < -0.3 is 9.67 Å². The van der Waals surface area contributed by atoms with E-state index >= 15 is 0 Å². The monoisotopic (exact) mass is 377 g/mol. The standard InChI is InChI=1S/C18H15N7O3/c1-2-24-13-8-4-3-7-12(13)15-17(24)20-18(23-21-15)22-19-10-11-6-5-9-14(16(11)26)25(27)28/h3-10,26H,2H2,1H3,(H,20,22,23). The maximum absolute atomic E-state index is 10.9. The number of hydrogen-bond donors (Lipinski definition) is 2. The van der Waals surface area contributed by atoms with E-state index in [4.69, 9.17) is 0 Å². The van der Waals surface area contributed by atoms with Gasteiger partial charge in [0.15, 0.2) is 5.65 Å². The van der Waals surface area contributed by atoms with Crippen molar-refractivity contribution in [2.75, 3.05) is 5.43 Å². The fourth-order valence-corrected chi connectivity index (χ4v) is 3.03. The molecule has 0 bridgehead atoms. The van der Waals surface area contributed by atoms with Gasteiger partial charge in [0.25, 0.3) is 5.95 Å². The number of nitrogens with one attached hydrogen (secondary N) is 1. The van der Waals surface area contributed by atoms with E-state index in [0.29, 0.717) is 17.7 Å². The van der Waals surface area contributed by atoms with Gasteiger partial charge in [-0.3, -0.25) is 10.1 Å². The van der Waals surface area contributed by atoms with Gasteiger partial charge in [0.1, 0.15) is 5.52 Å². The number of benzene rings is 2. The molecule has 2 aromatic heterocycles. The molecule has 28 heavy (non-hydrogen) atoms. The Morgan fingerprint density at radius 1 is 1.25 bits per heavy atom. The molecule has 0 aliphatic carbocycles. The number of nitro benzene ring substituents is 1. The molecule has 0 atom stereocenters. The zero-order chi connectivity index (χ0) is 19.7. The van der Waals surface area contributed by atoms with Crippen LogP contribution in [0.5, 0.6) is 5.75 Å². The molecule has 10 nitrogen and oxygen atoms in total. The van der Waals surface area contributed by atoms with E-state index in [9.17, 15) is 15.2 Å². The maximum atomic E-state index is 10.9. The number of phenolic OH excluding ortho intramolecular Hbond substituents is 1. The number of aryl methyl sites for hydroxylation is 1. The average Bonchev–Trinajstić information content (AvgIpc) is 3.02. The highest BCUT2D eigenvalue weighted by atomic mass is 16.6. The molecule has 2 N–H and O–H groups in total. The Morgan fingerprint density at radius 2 is 2.07 bits per heavy atom. The van der Waals surface area contributed by atoms with Crippen molar-refractivity contribution in [3.8, 4) is 5.75 Å². The van der Waals surface area contributed by atoms with Crippen LogP contribution >= 0.6 is 0 Å². The van der Waals surface area contributed by atoms with Gasteiger partial charge >= 0.3 is 5.69 Å². The molecular weight excluding hydrogens is 362 g/mol. The minimum Gasteiger partial charge on any atom is -0.502 e. The molecular formula is C18H15N7O3. The Bertz CT molecular complexity index is 1230. The van der Waals surface area contributed by atoms with Crippen LogP contribution in [0.25, 0.3) is 22.1 Å². The lowest BCUT2D eigenvalue weighted by Gasteiger charge is -2.03. The smallest absolute Gasteiger partial charge is 0.311 e. The molecule has 4 aromatic rings. The summed E-state index contributed by atoms with van der Waals surface area (Å²) in [6.45, 7) is 2.73. The number of aromatic nitrogens is 4.